The highest BCUT2D eigenvalue weighted by molar-refractivity contribution is 8.02. The largest absolute Gasteiger partial charge is 0.496 e. The third-order valence-electron chi connectivity index (χ3n) is 3.00. The highest BCUT2D eigenvalue weighted by atomic mass is 35.5. The first-order chi connectivity index (χ1) is 10.9. The monoisotopic (exact) mass is 359 g/mol. The summed E-state index contributed by atoms with van der Waals surface area (Å²) in [5.74, 6) is -1.52. The van der Waals surface area contributed by atoms with Crippen LogP contribution >= 0.6 is 23.4 Å². The molecule has 0 saturated heterocycles. The van der Waals surface area contributed by atoms with Crippen molar-refractivity contribution >= 4 is 35.2 Å². The predicted molar refractivity (Wildman–Crippen MR) is 88.0 cm³/mol. The first-order valence-corrected chi connectivity index (χ1v) is 7.90. The van der Waals surface area contributed by atoms with Crippen molar-refractivity contribution < 1.29 is 19.0 Å². The quantitative estimate of drug-likeness (QED) is 0.738. The van der Waals surface area contributed by atoms with Crippen LogP contribution in [0.15, 0.2) is 51.2 Å². The third kappa shape index (κ3) is 4.29. The Morgan fingerprint density at radius 3 is 2.96 bits per heavy atom. The van der Waals surface area contributed by atoms with E-state index < -0.39 is 11.8 Å². The number of allylic oxidation sites excluding steroid dienone is 2. The van der Waals surface area contributed by atoms with Gasteiger partial charge in [0.05, 0.1) is 11.8 Å². The summed E-state index contributed by atoms with van der Waals surface area (Å²) in [5.41, 5.74) is -0.188. The lowest BCUT2D eigenvalue weighted by Gasteiger charge is -2.27. The maximum Gasteiger partial charge on any atom is 0.336 e. The van der Waals surface area contributed by atoms with Crippen molar-refractivity contribution in [3.05, 3.63) is 46.2 Å². The number of carboxylic acids is 1. The molecule has 2 aliphatic rings. The molecule has 1 unspecified atom stereocenters. The smallest absolute Gasteiger partial charge is 0.336 e. The van der Waals surface area contributed by atoms with E-state index in [2.05, 4.69) is 10.3 Å². The molecular formula is C14H15ClFN3O3S. The van der Waals surface area contributed by atoms with Crippen LogP contribution < -0.4 is 5.32 Å². The third-order valence-corrected chi connectivity index (χ3v) is 4.16. The van der Waals surface area contributed by atoms with Gasteiger partial charge in [0, 0.05) is 18.0 Å². The summed E-state index contributed by atoms with van der Waals surface area (Å²) in [7, 11) is 0. The van der Waals surface area contributed by atoms with E-state index in [1.165, 1.54) is 24.9 Å². The zero-order valence-corrected chi connectivity index (χ0v) is 14.0. The Morgan fingerprint density at radius 2 is 2.35 bits per heavy atom. The van der Waals surface area contributed by atoms with Gasteiger partial charge in [0.1, 0.15) is 12.4 Å². The molecule has 0 radical (unpaired) electrons. The van der Waals surface area contributed by atoms with Crippen LogP contribution in [-0.2, 0) is 9.53 Å². The summed E-state index contributed by atoms with van der Waals surface area (Å²) in [5, 5.41) is 13.8. The van der Waals surface area contributed by atoms with Crippen molar-refractivity contribution in [1.82, 2.24) is 10.2 Å². The molecule has 0 fully saturated rings. The number of carbonyl (C=O) groups is 1. The molecule has 23 heavy (non-hydrogen) atoms. The van der Waals surface area contributed by atoms with Gasteiger partial charge < -0.3 is 20.1 Å². The summed E-state index contributed by atoms with van der Waals surface area (Å²) in [6, 6.07) is 0. The minimum Gasteiger partial charge on any atom is -0.496 e. The molecule has 0 amide bonds. The molecule has 6 nitrogen and oxygen atoms in total. The molecular weight excluding hydrogens is 345 g/mol. The first-order valence-electron chi connectivity index (χ1n) is 6.58. The van der Waals surface area contributed by atoms with Crippen LogP contribution in [-0.4, -0.2) is 33.9 Å². The number of hydrogen-bond donors (Lipinski definition) is 2. The average Bonchev–Trinajstić information content (AvgIpc) is 3.01. The minimum atomic E-state index is -1.14. The standard InChI is InChI=1S/C14H15ClFN3O3S/c1-8-6-22-7-10(13(20)21)5-19(14-17-3-4-23-14)9(2)18-12(15)11(8)16/h3-6,14,17H,7H2,1-2H3,(H,20,21)/b8-6+,10-5+,12-11+,18-9+. The van der Waals surface area contributed by atoms with E-state index in [1.54, 1.807) is 18.0 Å². The van der Waals surface area contributed by atoms with Gasteiger partial charge >= 0.3 is 5.97 Å². The van der Waals surface area contributed by atoms with Crippen molar-refractivity contribution in [2.45, 2.75) is 19.3 Å². The normalized spacial score (nSPS) is 32.4. The van der Waals surface area contributed by atoms with Gasteiger partial charge in [0.25, 0.3) is 0 Å². The second-order valence-electron chi connectivity index (χ2n) is 4.70. The average molecular weight is 360 g/mol. The molecule has 0 aromatic rings. The predicted octanol–water partition coefficient (Wildman–Crippen LogP) is 3.08. The number of amidine groups is 1. The van der Waals surface area contributed by atoms with Gasteiger partial charge in [-0.05, 0) is 19.3 Å². The number of aliphatic imine (C=N–C) groups is 1. The van der Waals surface area contributed by atoms with Crippen molar-refractivity contribution in [3.63, 3.8) is 0 Å². The van der Waals surface area contributed by atoms with E-state index in [0.717, 1.165) is 6.26 Å². The number of aliphatic carboxylic acids is 1. The summed E-state index contributed by atoms with van der Waals surface area (Å²) in [6.45, 7) is 2.86. The van der Waals surface area contributed by atoms with Gasteiger partial charge in [-0.25, -0.2) is 14.2 Å². The Balaban J connectivity index is 2.48. The molecule has 124 valence electrons. The maximum atomic E-state index is 14.1. The van der Waals surface area contributed by atoms with Gasteiger partial charge in [0.15, 0.2) is 16.5 Å². The molecule has 2 rings (SSSR count). The Bertz CT molecular complexity index is 650. The number of ether oxygens (including phenoxy) is 1. The fourth-order valence-electron chi connectivity index (χ4n) is 1.79. The van der Waals surface area contributed by atoms with Crippen LogP contribution in [0.4, 0.5) is 4.39 Å². The van der Waals surface area contributed by atoms with Gasteiger partial charge in [-0.2, -0.15) is 0 Å². The summed E-state index contributed by atoms with van der Waals surface area (Å²) in [6.07, 6.45) is 4.25. The van der Waals surface area contributed by atoms with E-state index in [4.69, 9.17) is 16.3 Å². The molecule has 2 aliphatic heterocycles. The lowest BCUT2D eigenvalue weighted by atomic mass is 10.3. The summed E-state index contributed by atoms with van der Waals surface area (Å²) < 4.78 is 19.3. The summed E-state index contributed by atoms with van der Waals surface area (Å²) in [4.78, 5) is 17.0. The minimum absolute atomic E-state index is 0.00340. The Hall–Kier alpha value is -1.93. The van der Waals surface area contributed by atoms with Gasteiger partial charge in [-0.3, -0.25) is 0 Å². The van der Waals surface area contributed by atoms with E-state index >= 15 is 0 Å². The van der Waals surface area contributed by atoms with Crippen molar-refractivity contribution in [2.24, 2.45) is 4.99 Å². The van der Waals surface area contributed by atoms with Crippen molar-refractivity contribution in [2.75, 3.05) is 6.61 Å². The fourth-order valence-corrected chi connectivity index (χ4v) is 2.87. The topological polar surface area (TPSA) is 74.2 Å². The Morgan fingerprint density at radius 1 is 1.61 bits per heavy atom. The molecule has 2 N–H and O–H groups in total. The number of nitrogens with one attached hydrogen (secondary N) is 1. The zero-order valence-electron chi connectivity index (χ0n) is 12.4. The molecule has 0 bridgehead atoms. The second kappa shape index (κ2) is 7.56. The number of carboxylic acid groups (broad SMARTS) is 1. The number of thioether (sulfide) groups is 1. The molecule has 0 aliphatic carbocycles. The van der Waals surface area contributed by atoms with Crippen LogP contribution in [0.1, 0.15) is 13.8 Å². The van der Waals surface area contributed by atoms with Crippen LogP contribution in [0, 0.1) is 0 Å². The van der Waals surface area contributed by atoms with Crippen LogP contribution in [0.3, 0.4) is 0 Å². The number of halogens is 2. The second-order valence-corrected chi connectivity index (χ2v) is 6.05. The van der Waals surface area contributed by atoms with Gasteiger partial charge in [-0.1, -0.05) is 23.4 Å². The first kappa shape index (κ1) is 17.4. The molecule has 2 heterocycles. The lowest BCUT2D eigenvalue weighted by Crippen LogP contribution is -2.39. The highest BCUT2D eigenvalue weighted by Crippen LogP contribution is 2.25. The fraction of sp³-hybridized carbons (Fsp3) is 0.286. The SMILES string of the molecule is CC1=C\OC/C(C(=O)O)=C\N(C2NC=CS2)/C(C)=N/C(Cl)=C\1F. The van der Waals surface area contributed by atoms with Gasteiger partial charge in [-0.15, -0.1) is 0 Å². The van der Waals surface area contributed by atoms with E-state index in [9.17, 15) is 14.3 Å². The molecule has 0 aromatic carbocycles. The molecule has 0 spiro atoms. The number of nitrogens with zero attached hydrogens (tertiary/aromatic N) is 2. The van der Waals surface area contributed by atoms with Crippen molar-refractivity contribution in [1.29, 1.82) is 0 Å². The maximum absolute atomic E-state index is 14.1. The highest BCUT2D eigenvalue weighted by Gasteiger charge is 2.23. The summed E-state index contributed by atoms with van der Waals surface area (Å²) >= 11 is 7.31. The Kier molecular flexibility index (Phi) is 5.73. The molecule has 9 heteroatoms. The number of rotatable bonds is 2. The zero-order chi connectivity index (χ0) is 17.0. The van der Waals surface area contributed by atoms with Crippen LogP contribution in [0.5, 0.6) is 0 Å². The van der Waals surface area contributed by atoms with Crippen LogP contribution in [0.2, 0.25) is 0 Å². The number of hydrogen-bond acceptors (Lipinski definition) is 6. The van der Waals surface area contributed by atoms with Crippen LogP contribution in [0.25, 0.3) is 0 Å². The van der Waals surface area contributed by atoms with E-state index in [0.29, 0.717) is 5.84 Å². The molecule has 0 saturated carbocycles. The lowest BCUT2D eigenvalue weighted by molar-refractivity contribution is -0.133. The molecule has 0 aromatic heterocycles. The molecule has 1 atom stereocenters. The van der Waals surface area contributed by atoms with E-state index in [-0.39, 0.29) is 28.4 Å². The van der Waals surface area contributed by atoms with Crippen molar-refractivity contribution in [3.8, 4) is 0 Å². The van der Waals surface area contributed by atoms with E-state index in [1.807, 2.05) is 5.41 Å². The Labute approximate surface area is 142 Å². The van der Waals surface area contributed by atoms with Gasteiger partial charge in [0.2, 0.25) is 0 Å².